The number of halogens is 3. The first-order valence-corrected chi connectivity index (χ1v) is 11.7. The number of alkyl halides is 2. The predicted molar refractivity (Wildman–Crippen MR) is 131 cm³/mol. The van der Waals surface area contributed by atoms with Crippen molar-refractivity contribution in [2.75, 3.05) is 6.61 Å². The van der Waals surface area contributed by atoms with Crippen LogP contribution in [-0.2, 0) is 28.6 Å². The summed E-state index contributed by atoms with van der Waals surface area (Å²) in [6.45, 7) is 5.21. The number of nitrogens with zero attached hydrogens (tertiary/aromatic N) is 1. The molecule has 37 heavy (non-hydrogen) atoms. The Balaban J connectivity index is 1.65. The lowest BCUT2D eigenvalue weighted by molar-refractivity contribution is -0.286. The average Bonchev–Trinajstić information content (AvgIpc) is 3.26. The van der Waals surface area contributed by atoms with E-state index >= 15 is 4.39 Å². The van der Waals surface area contributed by atoms with E-state index < -0.39 is 95.8 Å². The van der Waals surface area contributed by atoms with Gasteiger partial charge in [0, 0.05) is 28.4 Å². The van der Waals surface area contributed by atoms with Crippen molar-refractivity contribution in [1.29, 1.82) is 0 Å². The Bertz CT molecular complexity index is 1690. The Morgan fingerprint density at radius 2 is 1.95 bits per heavy atom. The molecule has 6 nitrogen and oxygen atoms in total. The van der Waals surface area contributed by atoms with E-state index in [1.54, 1.807) is 10.6 Å². The molecule has 1 atom stereocenters. The Hall–Kier alpha value is -3.04. The van der Waals surface area contributed by atoms with Gasteiger partial charge in [-0.25, -0.2) is 4.39 Å². The van der Waals surface area contributed by atoms with Gasteiger partial charge in [-0.2, -0.15) is 0 Å². The molecular weight excluding hydrogens is 487 g/mol. The van der Waals surface area contributed by atoms with Gasteiger partial charge in [-0.3, -0.25) is 4.79 Å². The molecule has 2 heterocycles. The van der Waals surface area contributed by atoms with E-state index in [1.165, 1.54) is 6.07 Å². The first-order chi connectivity index (χ1) is 20.2. The second-order valence-corrected chi connectivity index (χ2v) is 9.89. The van der Waals surface area contributed by atoms with Crippen LogP contribution in [0.4, 0.5) is 13.2 Å². The third-order valence-electron chi connectivity index (χ3n) is 6.96. The summed E-state index contributed by atoms with van der Waals surface area (Å²) in [6.07, 6.45) is -11.9. The molecule has 2 aliphatic rings. The normalized spacial score (nSPS) is 23.7. The SMILES string of the molecule is [2H]c1c([2H])c(C2(C(=O)Cc3cc4cc(C(C)(C)CC)n(C[C@@H](O)CO)c4cc3F)C([2H])([2H])C2([2H])[2H])c([2H])c2c1OC(F)(F)O2. The molecule has 1 aromatic heterocycles. The summed E-state index contributed by atoms with van der Waals surface area (Å²) in [5.74, 6) is -4.22. The summed E-state index contributed by atoms with van der Waals surface area (Å²) < 4.78 is 112. The number of aliphatic hydroxyl groups is 2. The number of aromatic nitrogens is 1. The summed E-state index contributed by atoms with van der Waals surface area (Å²) in [4.78, 5) is 14.0. The molecule has 1 saturated carbocycles. The van der Waals surface area contributed by atoms with Gasteiger partial charge in [0.05, 0.1) is 34.3 Å². The molecule has 0 amide bonds. The maximum absolute atomic E-state index is 15.7. The number of rotatable bonds is 9. The lowest BCUT2D eigenvalue weighted by Crippen LogP contribution is -2.26. The molecule has 0 unspecified atom stereocenters. The highest BCUT2D eigenvalue weighted by molar-refractivity contribution is 5.95. The minimum absolute atomic E-state index is 0.0584. The third-order valence-corrected chi connectivity index (χ3v) is 6.96. The fourth-order valence-electron chi connectivity index (χ4n) is 4.41. The third kappa shape index (κ3) is 4.48. The van der Waals surface area contributed by atoms with E-state index in [-0.39, 0.29) is 12.1 Å². The van der Waals surface area contributed by atoms with Crippen molar-refractivity contribution in [3.05, 3.63) is 59.0 Å². The molecule has 2 aromatic carbocycles. The minimum Gasteiger partial charge on any atom is -0.395 e. The van der Waals surface area contributed by atoms with Crippen molar-refractivity contribution >= 4 is 16.7 Å². The summed E-state index contributed by atoms with van der Waals surface area (Å²) in [6, 6.07) is 0.917. The number of Topliss-reactive ketones (excluding diaryl/α,β-unsaturated/α-hetero) is 1. The smallest absolute Gasteiger partial charge is 0.395 e. The maximum atomic E-state index is 15.7. The highest BCUT2D eigenvalue weighted by Gasteiger charge is 2.52. The van der Waals surface area contributed by atoms with Crippen LogP contribution >= 0.6 is 0 Å². The van der Waals surface area contributed by atoms with Crippen LogP contribution < -0.4 is 9.47 Å². The lowest BCUT2D eigenvalue weighted by atomic mass is 9.86. The molecule has 198 valence electrons. The molecule has 9 heteroatoms. The van der Waals surface area contributed by atoms with Crippen LogP contribution in [-0.4, -0.2) is 39.6 Å². The molecule has 5 rings (SSSR count). The molecule has 0 radical (unpaired) electrons. The summed E-state index contributed by atoms with van der Waals surface area (Å²) >= 11 is 0. The van der Waals surface area contributed by atoms with Crippen molar-refractivity contribution in [1.82, 2.24) is 4.57 Å². The molecule has 2 N–H and O–H groups in total. The fraction of sp³-hybridized carbons (Fsp3) is 0.464. The number of carbonyl (C=O) groups excluding carboxylic acids is 1. The second-order valence-electron chi connectivity index (χ2n) is 9.89. The van der Waals surface area contributed by atoms with Gasteiger partial charge in [0.25, 0.3) is 0 Å². The number of ether oxygens (including phenoxy) is 2. The summed E-state index contributed by atoms with van der Waals surface area (Å²) in [5, 5.41) is 20.0. The number of fused-ring (bicyclic) bond motifs is 2. The molecule has 1 fully saturated rings. The van der Waals surface area contributed by atoms with Gasteiger partial charge >= 0.3 is 6.29 Å². The Morgan fingerprint density at radius 1 is 1.24 bits per heavy atom. The van der Waals surface area contributed by atoms with Crippen molar-refractivity contribution in [2.24, 2.45) is 0 Å². The average molecular weight is 525 g/mol. The largest absolute Gasteiger partial charge is 0.586 e. The maximum Gasteiger partial charge on any atom is 0.586 e. The van der Waals surface area contributed by atoms with Crippen LogP contribution in [0, 0.1) is 5.82 Å². The van der Waals surface area contributed by atoms with Crippen LogP contribution in [0.5, 0.6) is 11.5 Å². The van der Waals surface area contributed by atoms with E-state index in [2.05, 4.69) is 9.47 Å². The number of hydrogen-bond donors (Lipinski definition) is 2. The van der Waals surface area contributed by atoms with Crippen molar-refractivity contribution < 1.29 is 47.2 Å². The first-order valence-electron chi connectivity index (χ1n) is 15.2. The Labute approximate surface area is 222 Å². The number of hydrogen-bond acceptors (Lipinski definition) is 5. The minimum atomic E-state index is -4.31. The molecule has 0 bridgehead atoms. The Kier molecular flexibility index (Phi) is 4.33. The Morgan fingerprint density at radius 3 is 2.59 bits per heavy atom. The first kappa shape index (κ1) is 18.3. The monoisotopic (exact) mass is 524 g/mol. The van der Waals surface area contributed by atoms with Crippen LogP contribution in [0.1, 0.15) is 66.4 Å². The number of benzene rings is 2. The van der Waals surface area contributed by atoms with Crippen LogP contribution in [0.3, 0.4) is 0 Å². The highest BCUT2D eigenvalue weighted by Crippen LogP contribution is 2.52. The van der Waals surface area contributed by atoms with E-state index in [0.717, 1.165) is 6.07 Å². The quantitative estimate of drug-likeness (QED) is 0.413. The van der Waals surface area contributed by atoms with E-state index in [0.29, 0.717) is 23.0 Å². The molecular formula is C28H30F3NO5. The zero-order valence-electron chi connectivity index (χ0n) is 27.3. The van der Waals surface area contributed by atoms with Gasteiger partial charge in [-0.05, 0) is 60.6 Å². The van der Waals surface area contributed by atoms with Crippen molar-refractivity contribution in [3.63, 3.8) is 0 Å². The van der Waals surface area contributed by atoms with Crippen molar-refractivity contribution in [3.8, 4) is 11.5 Å². The van der Waals surface area contributed by atoms with Gasteiger partial charge in [-0.1, -0.05) is 26.8 Å². The zero-order chi connectivity index (χ0) is 32.9. The van der Waals surface area contributed by atoms with Gasteiger partial charge in [-0.15, -0.1) is 8.78 Å². The number of ketones is 1. The highest BCUT2D eigenvalue weighted by atomic mass is 19.3. The predicted octanol–water partition coefficient (Wildman–Crippen LogP) is 4.99. The molecule has 1 aliphatic carbocycles. The zero-order valence-corrected chi connectivity index (χ0v) is 20.3. The molecule has 0 saturated heterocycles. The van der Waals surface area contributed by atoms with E-state index in [4.69, 9.17) is 9.60 Å². The van der Waals surface area contributed by atoms with E-state index in [1.807, 2.05) is 20.8 Å². The topological polar surface area (TPSA) is 80.9 Å². The second kappa shape index (κ2) is 8.77. The standard InChI is InChI=1S/C28H30F3NO5/c1-4-26(2,3)24-10-17-9-16(20(29)13-21(17)32(24)14-19(34)15-33)11-25(35)27(7-8-27)18-5-6-22-23(12-18)37-28(30,31)36-22/h5-6,9-10,12-13,19,33-34H,4,7-8,11,14-15H2,1-3H3/t19-/m1/s1/i5D,6D,7D2,8D2,12D. The molecule has 3 aromatic rings. The molecule has 0 spiro atoms. The summed E-state index contributed by atoms with van der Waals surface area (Å²) in [5.41, 5.74) is -3.59. The molecule has 1 aliphatic heterocycles. The van der Waals surface area contributed by atoms with E-state index in [9.17, 15) is 23.8 Å². The van der Waals surface area contributed by atoms with Crippen molar-refractivity contribution in [2.45, 2.75) is 76.1 Å². The van der Waals surface area contributed by atoms with Gasteiger partial charge < -0.3 is 24.3 Å². The fourth-order valence-corrected chi connectivity index (χ4v) is 4.41. The number of aliphatic hydroxyl groups excluding tert-OH is 2. The van der Waals surface area contributed by atoms with Crippen LogP contribution in [0.15, 0.2) is 36.3 Å². The van der Waals surface area contributed by atoms with Crippen LogP contribution in [0.2, 0.25) is 0 Å². The number of carbonyl (C=O) groups is 1. The van der Waals surface area contributed by atoms with Gasteiger partial charge in [0.15, 0.2) is 11.5 Å². The van der Waals surface area contributed by atoms with Gasteiger partial charge in [0.2, 0.25) is 0 Å². The van der Waals surface area contributed by atoms with Crippen LogP contribution in [0.25, 0.3) is 10.9 Å². The van der Waals surface area contributed by atoms with Gasteiger partial charge in [0.1, 0.15) is 11.6 Å². The summed E-state index contributed by atoms with van der Waals surface area (Å²) in [7, 11) is 0. The lowest BCUT2D eigenvalue weighted by Gasteiger charge is -2.26.